The summed E-state index contributed by atoms with van der Waals surface area (Å²) in [6, 6.07) is 6.07. The van der Waals surface area contributed by atoms with Gasteiger partial charge in [-0.15, -0.1) is 5.10 Å². The Labute approximate surface area is 103 Å². The third kappa shape index (κ3) is 2.01. The van der Waals surface area contributed by atoms with Crippen molar-refractivity contribution in [3.63, 3.8) is 0 Å². The number of rotatable bonds is 2. The summed E-state index contributed by atoms with van der Waals surface area (Å²) in [4.78, 5) is 4.27. The number of hydrogen-bond donors (Lipinski definition) is 1. The zero-order valence-corrected chi connectivity index (χ0v) is 10.8. The van der Waals surface area contributed by atoms with E-state index in [1.54, 1.807) is 0 Å². The number of hydrogen-bond acceptors (Lipinski definition) is 3. The summed E-state index contributed by atoms with van der Waals surface area (Å²) in [7, 11) is 0. The van der Waals surface area contributed by atoms with Crippen LogP contribution in [-0.2, 0) is 6.54 Å². The lowest BCUT2D eigenvalue weighted by atomic mass is 10.2. The van der Waals surface area contributed by atoms with Gasteiger partial charge in [-0.05, 0) is 37.6 Å². The van der Waals surface area contributed by atoms with Crippen molar-refractivity contribution in [1.29, 1.82) is 0 Å². The zero-order valence-electron chi connectivity index (χ0n) is 9.24. The fourth-order valence-electron chi connectivity index (χ4n) is 1.54. The average Bonchev–Trinajstić information content (AvgIpc) is 2.64. The van der Waals surface area contributed by atoms with Crippen LogP contribution in [0.1, 0.15) is 17.2 Å². The van der Waals surface area contributed by atoms with Crippen molar-refractivity contribution in [1.82, 2.24) is 14.8 Å². The molecule has 0 aliphatic carbocycles. The molecule has 0 saturated carbocycles. The summed E-state index contributed by atoms with van der Waals surface area (Å²) in [6.45, 7) is 4.33. The van der Waals surface area contributed by atoms with Crippen molar-refractivity contribution >= 4 is 15.9 Å². The largest absolute Gasteiger partial charge is 0.324 e. The first-order valence-corrected chi connectivity index (χ1v) is 5.80. The SMILES string of the molecule is Cc1cc(-n2nc(CN)nc2C)ccc1Br. The van der Waals surface area contributed by atoms with E-state index in [9.17, 15) is 0 Å². The second-order valence-corrected chi connectivity index (χ2v) is 4.48. The van der Waals surface area contributed by atoms with Crippen LogP contribution in [0.25, 0.3) is 5.69 Å². The number of nitrogens with zero attached hydrogens (tertiary/aromatic N) is 3. The molecule has 16 heavy (non-hydrogen) atoms. The Balaban J connectivity index is 2.49. The highest BCUT2D eigenvalue weighted by Gasteiger charge is 2.07. The Hall–Kier alpha value is -1.20. The molecule has 84 valence electrons. The molecule has 5 heteroatoms. The molecule has 2 N–H and O–H groups in total. The summed E-state index contributed by atoms with van der Waals surface area (Å²) in [5.74, 6) is 1.51. The Morgan fingerprint density at radius 2 is 2.12 bits per heavy atom. The molecule has 1 aromatic heterocycles. The highest BCUT2D eigenvalue weighted by atomic mass is 79.9. The van der Waals surface area contributed by atoms with E-state index in [2.05, 4.69) is 32.1 Å². The first kappa shape index (κ1) is 11.3. The second kappa shape index (κ2) is 4.35. The van der Waals surface area contributed by atoms with Crippen LogP contribution in [0.2, 0.25) is 0 Å². The van der Waals surface area contributed by atoms with Crippen LogP contribution in [0.4, 0.5) is 0 Å². The van der Waals surface area contributed by atoms with Crippen molar-refractivity contribution in [3.05, 3.63) is 39.9 Å². The summed E-state index contributed by atoms with van der Waals surface area (Å²) in [6.07, 6.45) is 0. The standard InChI is InChI=1S/C11H13BrN4/c1-7-5-9(3-4-10(7)12)16-8(2)14-11(6-13)15-16/h3-5H,6,13H2,1-2H3. The van der Waals surface area contributed by atoms with E-state index in [-0.39, 0.29) is 0 Å². The van der Waals surface area contributed by atoms with Crippen molar-refractivity contribution in [2.75, 3.05) is 0 Å². The monoisotopic (exact) mass is 280 g/mol. The van der Waals surface area contributed by atoms with Gasteiger partial charge in [0.15, 0.2) is 5.82 Å². The molecular weight excluding hydrogens is 268 g/mol. The van der Waals surface area contributed by atoms with Crippen molar-refractivity contribution < 1.29 is 0 Å². The van der Waals surface area contributed by atoms with E-state index in [1.807, 2.05) is 30.7 Å². The van der Waals surface area contributed by atoms with Gasteiger partial charge in [-0.1, -0.05) is 15.9 Å². The lowest BCUT2D eigenvalue weighted by Gasteiger charge is -2.05. The van der Waals surface area contributed by atoms with Gasteiger partial charge in [-0.2, -0.15) is 0 Å². The fraction of sp³-hybridized carbons (Fsp3) is 0.273. The maximum atomic E-state index is 5.52. The van der Waals surface area contributed by atoms with Gasteiger partial charge in [0.05, 0.1) is 12.2 Å². The van der Waals surface area contributed by atoms with Gasteiger partial charge in [0.1, 0.15) is 5.82 Å². The maximum Gasteiger partial charge on any atom is 0.164 e. The topological polar surface area (TPSA) is 56.7 Å². The molecular formula is C11H13BrN4. The number of halogens is 1. The highest BCUT2D eigenvalue weighted by Crippen LogP contribution is 2.19. The van der Waals surface area contributed by atoms with Crippen molar-refractivity contribution in [2.24, 2.45) is 5.73 Å². The van der Waals surface area contributed by atoms with Crippen LogP contribution in [-0.4, -0.2) is 14.8 Å². The third-order valence-electron chi connectivity index (χ3n) is 2.38. The minimum atomic E-state index is 0.364. The minimum absolute atomic E-state index is 0.364. The van der Waals surface area contributed by atoms with Crippen molar-refractivity contribution in [3.8, 4) is 5.69 Å². The molecule has 0 bridgehead atoms. The third-order valence-corrected chi connectivity index (χ3v) is 3.27. The van der Waals surface area contributed by atoms with Gasteiger partial charge >= 0.3 is 0 Å². The second-order valence-electron chi connectivity index (χ2n) is 3.62. The van der Waals surface area contributed by atoms with Gasteiger partial charge in [0.25, 0.3) is 0 Å². The predicted molar refractivity (Wildman–Crippen MR) is 66.4 cm³/mol. The van der Waals surface area contributed by atoms with Gasteiger partial charge in [0, 0.05) is 4.47 Å². The molecule has 0 fully saturated rings. The minimum Gasteiger partial charge on any atom is -0.324 e. The first-order valence-electron chi connectivity index (χ1n) is 5.01. The quantitative estimate of drug-likeness (QED) is 0.917. The summed E-state index contributed by atoms with van der Waals surface area (Å²) in [5, 5.41) is 4.33. The van der Waals surface area contributed by atoms with E-state index < -0.39 is 0 Å². The Kier molecular flexibility index (Phi) is 3.07. The molecule has 0 aliphatic heterocycles. The van der Waals surface area contributed by atoms with E-state index in [0.717, 1.165) is 16.0 Å². The van der Waals surface area contributed by atoms with E-state index in [1.165, 1.54) is 5.56 Å². The average molecular weight is 281 g/mol. The van der Waals surface area contributed by atoms with Crippen molar-refractivity contribution in [2.45, 2.75) is 20.4 Å². The van der Waals surface area contributed by atoms with Crippen LogP contribution in [0.3, 0.4) is 0 Å². The molecule has 1 aromatic carbocycles. The molecule has 0 atom stereocenters. The van der Waals surface area contributed by atoms with E-state index in [4.69, 9.17) is 5.73 Å². The van der Waals surface area contributed by atoms with Crippen LogP contribution >= 0.6 is 15.9 Å². The number of nitrogens with two attached hydrogens (primary N) is 1. The molecule has 0 amide bonds. The maximum absolute atomic E-state index is 5.52. The zero-order chi connectivity index (χ0) is 11.7. The summed E-state index contributed by atoms with van der Waals surface area (Å²) < 4.78 is 2.90. The van der Waals surface area contributed by atoms with Gasteiger partial charge < -0.3 is 5.73 Å². The number of aromatic nitrogens is 3. The van der Waals surface area contributed by atoms with Crippen LogP contribution in [0, 0.1) is 13.8 Å². The smallest absolute Gasteiger partial charge is 0.164 e. The Bertz CT molecular complexity index is 519. The summed E-state index contributed by atoms with van der Waals surface area (Å²) >= 11 is 3.47. The van der Waals surface area contributed by atoms with E-state index in [0.29, 0.717) is 12.4 Å². The predicted octanol–water partition coefficient (Wildman–Crippen LogP) is 2.11. The molecule has 0 radical (unpaired) electrons. The van der Waals surface area contributed by atoms with E-state index >= 15 is 0 Å². The molecule has 0 aliphatic rings. The first-order chi connectivity index (χ1) is 7.61. The number of aryl methyl sites for hydroxylation is 2. The lowest BCUT2D eigenvalue weighted by Crippen LogP contribution is -2.02. The van der Waals surface area contributed by atoms with Gasteiger partial charge in [-0.3, -0.25) is 0 Å². The fourth-order valence-corrected chi connectivity index (χ4v) is 1.78. The van der Waals surface area contributed by atoms with Gasteiger partial charge in [0.2, 0.25) is 0 Å². The number of benzene rings is 1. The molecule has 0 spiro atoms. The van der Waals surface area contributed by atoms with Crippen LogP contribution in [0.15, 0.2) is 22.7 Å². The van der Waals surface area contributed by atoms with Gasteiger partial charge in [-0.25, -0.2) is 9.67 Å². The van der Waals surface area contributed by atoms with Crippen LogP contribution < -0.4 is 5.73 Å². The van der Waals surface area contributed by atoms with Crippen LogP contribution in [0.5, 0.6) is 0 Å². The molecule has 0 saturated heterocycles. The Morgan fingerprint density at radius 3 is 2.69 bits per heavy atom. The molecule has 0 unspecified atom stereocenters. The normalized spacial score (nSPS) is 10.8. The molecule has 1 heterocycles. The molecule has 2 rings (SSSR count). The Morgan fingerprint density at radius 1 is 1.38 bits per heavy atom. The summed E-state index contributed by atoms with van der Waals surface area (Å²) in [5.41, 5.74) is 7.69. The molecule has 4 nitrogen and oxygen atoms in total. The molecule has 2 aromatic rings. The lowest BCUT2D eigenvalue weighted by molar-refractivity contribution is 0.811. The highest BCUT2D eigenvalue weighted by molar-refractivity contribution is 9.10.